The van der Waals surface area contributed by atoms with Crippen LogP contribution in [0.2, 0.25) is 0 Å². The molecule has 174 valence electrons. The Morgan fingerprint density at radius 2 is 1.80 bits per heavy atom. The van der Waals surface area contributed by atoms with E-state index >= 15 is 0 Å². The maximum absolute atomic E-state index is 12.9. The van der Waals surface area contributed by atoms with E-state index in [-0.39, 0.29) is 11.9 Å². The van der Waals surface area contributed by atoms with Gasteiger partial charge in [-0.1, -0.05) is 36.4 Å². The molecule has 0 radical (unpaired) electrons. The summed E-state index contributed by atoms with van der Waals surface area (Å²) in [6.45, 7) is 2.00. The van der Waals surface area contributed by atoms with Crippen LogP contribution in [0.5, 0.6) is 5.75 Å². The highest BCUT2D eigenvalue weighted by Gasteiger charge is 2.14. The molecule has 0 aliphatic rings. The number of hydrogen-bond acceptors (Lipinski definition) is 6. The molecule has 0 fully saturated rings. The zero-order valence-corrected chi connectivity index (χ0v) is 19.3. The number of anilines is 2. The van der Waals surface area contributed by atoms with Crippen molar-refractivity contribution in [2.45, 2.75) is 13.0 Å². The molecule has 0 bridgehead atoms. The van der Waals surface area contributed by atoms with Gasteiger partial charge in [0.25, 0.3) is 5.91 Å². The molecular weight excluding hydrogens is 440 g/mol. The molecule has 35 heavy (non-hydrogen) atoms. The molecule has 0 saturated carbocycles. The number of methoxy groups -OCH3 is 1. The lowest BCUT2D eigenvalue weighted by atomic mass is 10.0. The van der Waals surface area contributed by atoms with Gasteiger partial charge in [-0.15, -0.1) is 0 Å². The quantitative estimate of drug-likeness (QED) is 0.342. The molecule has 3 aromatic carbocycles. The monoisotopic (exact) mass is 464 g/mol. The van der Waals surface area contributed by atoms with Crippen molar-refractivity contribution in [3.05, 3.63) is 103 Å². The summed E-state index contributed by atoms with van der Waals surface area (Å²) in [4.78, 5) is 26.4. The molecule has 1 amide bonds. The molecule has 5 aromatic rings. The molecule has 1 atom stereocenters. The fraction of sp³-hybridized carbons (Fsp3) is 0.111. The van der Waals surface area contributed by atoms with Crippen LogP contribution in [0, 0.1) is 0 Å². The molecule has 0 spiro atoms. The van der Waals surface area contributed by atoms with Crippen molar-refractivity contribution >= 4 is 28.6 Å². The second-order valence-electron chi connectivity index (χ2n) is 7.99. The Morgan fingerprint density at radius 1 is 0.971 bits per heavy atom. The number of hydrogen-bond donors (Lipinski definition) is 2. The van der Waals surface area contributed by atoms with Gasteiger partial charge in [-0.3, -0.25) is 9.36 Å². The highest BCUT2D eigenvalue weighted by molar-refractivity contribution is 6.05. The van der Waals surface area contributed by atoms with E-state index in [0.717, 1.165) is 16.6 Å². The molecule has 8 heteroatoms. The highest BCUT2D eigenvalue weighted by Crippen LogP contribution is 2.25. The highest BCUT2D eigenvalue weighted by atomic mass is 16.5. The second-order valence-corrected chi connectivity index (χ2v) is 7.99. The summed E-state index contributed by atoms with van der Waals surface area (Å²) in [7, 11) is 1.57. The first-order valence-corrected chi connectivity index (χ1v) is 11.2. The first-order valence-electron chi connectivity index (χ1n) is 11.2. The molecule has 5 rings (SSSR count). The number of amides is 1. The van der Waals surface area contributed by atoms with Gasteiger partial charge >= 0.3 is 0 Å². The maximum atomic E-state index is 12.9. The van der Waals surface area contributed by atoms with Gasteiger partial charge in [0.15, 0.2) is 0 Å². The first-order chi connectivity index (χ1) is 17.1. The number of ether oxygens (including phenoxy) is 1. The van der Waals surface area contributed by atoms with E-state index in [9.17, 15) is 4.79 Å². The SMILES string of the molecule is COc1ccccc1NC(=O)c1cccc(C(C)Nc2nccc(-n3cnc4ccccc43)n2)c1. The fourth-order valence-electron chi connectivity index (χ4n) is 3.86. The molecule has 0 aliphatic heterocycles. The van der Waals surface area contributed by atoms with Crippen LogP contribution < -0.4 is 15.4 Å². The number of carbonyl (C=O) groups is 1. The van der Waals surface area contributed by atoms with Crippen LogP contribution >= 0.6 is 0 Å². The summed E-state index contributed by atoms with van der Waals surface area (Å²) in [5.74, 6) is 1.59. The summed E-state index contributed by atoms with van der Waals surface area (Å²) in [6.07, 6.45) is 3.47. The molecule has 1 unspecified atom stereocenters. The van der Waals surface area contributed by atoms with Crippen LogP contribution in [0.3, 0.4) is 0 Å². The average Bonchev–Trinajstić information content (AvgIpc) is 3.33. The van der Waals surface area contributed by atoms with E-state index in [2.05, 4.69) is 25.6 Å². The van der Waals surface area contributed by atoms with Crippen molar-refractivity contribution in [2.24, 2.45) is 0 Å². The van der Waals surface area contributed by atoms with Gasteiger partial charge in [-0.2, -0.15) is 4.98 Å². The Labute approximate surface area is 202 Å². The minimum Gasteiger partial charge on any atom is -0.495 e. The molecule has 2 N–H and O–H groups in total. The Bertz CT molecular complexity index is 1500. The van der Waals surface area contributed by atoms with Crippen molar-refractivity contribution in [3.63, 3.8) is 0 Å². The fourth-order valence-corrected chi connectivity index (χ4v) is 3.86. The van der Waals surface area contributed by atoms with Crippen molar-refractivity contribution in [1.82, 2.24) is 19.5 Å². The second kappa shape index (κ2) is 9.64. The average molecular weight is 465 g/mol. The van der Waals surface area contributed by atoms with Crippen molar-refractivity contribution in [1.29, 1.82) is 0 Å². The summed E-state index contributed by atoms with van der Waals surface area (Å²) in [6, 6.07) is 24.4. The Balaban J connectivity index is 1.33. The van der Waals surface area contributed by atoms with Gasteiger partial charge in [0.05, 0.1) is 29.9 Å². The largest absolute Gasteiger partial charge is 0.495 e. The van der Waals surface area contributed by atoms with Gasteiger partial charge in [0.2, 0.25) is 5.95 Å². The van der Waals surface area contributed by atoms with E-state index in [1.54, 1.807) is 37.8 Å². The lowest BCUT2D eigenvalue weighted by Gasteiger charge is -2.16. The van der Waals surface area contributed by atoms with Crippen molar-refractivity contribution in [2.75, 3.05) is 17.7 Å². The molecule has 0 saturated heterocycles. The zero-order chi connectivity index (χ0) is 24.2. The Hall–Kier alpha value is -4.72. The minimum absolute atomic E-state index is 0.135. The van der Waals surface area contributed by atoms with E-state index in [1.807, 2.05) is 72.2 Å². The topological polar surface area (TPSA) is 94.0 Å². The normalized spacial score (nSPS) is 11.7. The summed E-state index contributed by atoms with van der Waals surface area (Å²) >= 11 is 0. The van der Waals surface area contributed by atoms with Crippen LogP contribution in [0.4, 0.5) is 11.6 Å². The zero-order valence-electron chi connectivity index (χ0n) is 19.3. The van der Waals surface area contributed by atoms with Crippen LogP contribution in [0.25, 0.3) is 16.9 Å². The van der Waals surface area contributed by atoms with Crippen LogP contribution in [-0.4, -0.2) is 32.5 Å². The molecule has 2 heterocycles. The number of nitrogens with zero attached hydrogens (tertiary/aromatic N) is 4. The molecule has 2 aromatic heterocycles. The number of rotatable bonds is 7. The Kier molecular flexibility index (Phi) is 6.09. The van der Waals surface area contributed by atoms with Crippen LogP contribution in [-0.2, 0) is 0 Å². The van der Waals surface area contributed by atoms with Gasteiger partial charge in [0, 0.05) is 11.8 Å². The maximum Gasteiger partial charge on any atom is 0.255 e. The predicted octanol–water partition coefficient (Wildman–Crippen LogP) is 5.25. The number of benzene rings is 3. The number of imidazole rings is 1. The summed E-state index contributed by atoms with van der Waals surface area (Å²) in [5.41, 5.74) is 3.96. The third kappa shape index (κ3) is 4.67. The Morgan fingerprint density at radius 3 is 2.69 bits per heavy atom. The van der Waals surface area contributed by atoms with Crippen LogP contribution in [0.15, 0.2) is 91.4 Å². The third-order valence-corrected chi connectivity index (χ3v) is 5.69. The number of nitrogens with one attached hydrogen (secondary N) is 2. The minimum atomic E-state index is -0.214. The lowest BCUT2D eigenvalue weighted by Crippen LogP contribution is -2.15. The number of para-hydroxylation sites is 4. The first kappa shape index (κ1) is 22.1. The van der Waals surface area contributed by atoms with Gasteiger partial charge in [-0.05, 0) is 55.0 Å². The van der Waals surface area contributed by atoms with Gasteiger partial charge in [0.1, 0.15) is 17.9 Å². The van der Waals surface area contributed by atoms with E-state index in [0.29, 0.717) is 28.8 Å². The van der Waals surface area contributed by atoms with Gasteiger partial charge < -0.3 is 15.4 Å². The van der Waals surface area contributed by atoms with E-state index < -0.39 is 0 Å². The van der Waals surface area contributed by atoms with Crippen LogP contribution in [0.1, 0.15) is 28.9 Å². The lowest BCUT2D eigenvalue weighted by molar-refractivity contribution is 0.102. The van der Waals surface area contributed by atoms with Gasteiger partial charge in [-0.25, -0.2) is 9.97 Å². The summed E-state index contributed by atoms with van der Waals surface area (Å²) in [5, 5.41) is 6.25. The van der Waals surface area contributed by atoms with E-state index in [4.69, 9.17) is 4.74 Å². The third-order valence-electron chi connectivity index (χ3n) is 5.69. The van der Waals surface area contributed by atoms with Crippen molar-refractivity contribution < 1.29 is 9.53 Å². The van der Waals surface area contributed by atoms with E-state index in [1.165, 1.54) is 0 Å². The molecular formula is C27H24N6O2. The number of carbonyl (C=O) groups excluding carboxylic acids is 1. The molecule has 0 aliphatic carbocycles. The molecule has 8 nitrogen and oxygen atoms in total. The predicted molar refractivity (Wildman–Crippen MR) is 136 cm³/mol. The standard InChI is InChI=1S/C27H24N6O2/c1-18(19-8-7-9-20(16-19)26(34)31-22-11-4-6-13-24(22)35-2)30-27-28-15-14-25(32-27)33-17-29-21-10-3-5-12-23(21)33/h3-18H,1-2H3,(H,31,34)(H,28,30,32). The van der Waals surface area contributed by atoms with Crippen molar-refractivity contribution in [3.8, 4) is 11.6 Å². The smallest absolute Gasteiger partial charge is 0.255 e. The number of fused-ring (bicyclic) bond motifs is 1. The number of aromatic nitrogens is 4. The summed E-state index contributed by atoms with van der Waals surface area (Å²) < 4.78 is 7.25.